The van der Waals surface area contributed by atoms with Crippen LogP contribution in [0.2, 0.25) is 0 Å². The van der Waals surface area contributed by atoms with Gasteiger partial charge in [-0.1, -0.05) is 30.3 Å². The molecule has 3 aromatic carbocycles. The minimum Gasteiger partial charge on any atom is -0.326 e. The summed E-state index contributed by atoms with van der Waals surface area (Å²) in [5.41, 5.74) is 5.52. The molecule has 1 unspecified atom stereocenters. The SMILES string of the molecule is NCc1cccc(-n2nc(C(F)(F)F)cc2C(=O)Nc2cccc(C(NCC3CC3)c3c(F)cccc3F)c2)c1. The Labute approximate surface area is 227 Å². The maximum atomic E-state index is 14.8. The van der Waals surface area contributed by atoms with Crippen LogP contribution in [-0.2, 0) is 12.7 Å². The summed E-state index contributed by atoms with van der Waals surface area (Å²) < 4.78 is 71.0. The Hall–Kier alpha value is -4.09. The van der Waals surface area contributed by atoms with Crippen molar-refractivity contribution >= 4 is 11.6 Å². The first-order chi connectivity index (χ1) is 19.1. The van der Waals surface area contributed by atoms with Crippen molar-refractivity contribution in [1.82, 2.24) is 15.1 Å². The lowest BCUT2D eigenvalue weighted by molar-refractivity contribution is -0.141. The van der Waals surface area contributed by atoms with Crippen LogP contribution < -0.4 is 16.4 Å². The highest BCUT2D eigenvalue weighted by molar-refractivity contribution is 6.03. The molecule has 208 valence electrons. The lowest BCUT2D eigenvalue weighted by atomic mass is 9.96. The van der Waals surface area contributed by atoms with Crippen molar-refractivity contribution in [2.75, 3.05) is 11.9 Å². The second-order valence-corrected chi connectivity index (χ2v) is 9.70. The molecule has 6 nitrogen and oxygen atoms in total. The number of rotatable bonds is 9. The van der Waals surface area contributed by atoms with E-state index >= 15 is 0 Å². The number of hydrogen-bond donors (Lipinski definition) is 3. The van der Waals surface area contributed by atoms with Crippen LogP contribution in [-0.4, -0.2) is 22.2 Å². The molecule has 4 aromatic rings. The monoisotopic (exact) mass is 555 g/mol. The van der Waals surface area contributed by atoms with E-state index in [1.165, 1.54) is 36.4 Å². The smallest absolute Gasteiger partial charge is 0.326 e. The molecule has 1 saturated carbocycles. The van der Waals surface area contributed by atoms with Gasteiger partial charge in [-0.25, -0.2) is 13.5 Å². The maximum absolute atomic E-state index is 14.8. The first-order valence-corrected chi connectivity index (χ1v) is 12.7. The van der Waals surface area contributed by atoms with Crippen LogP contribution in [0, 0.1) is 17.6 Å². The number of aromatic nitrogens is 2. The Balaban J connectivity index is 1.48. The third-order valence-corrected chi connectivity index (χ3v) is 6.70. The van der Waals surface area contributed by atoms with Crippen LogP contribution in [0.15, 0.2) is 72.8 Å². The molecule has 0 aliphatic heterocycles. The van der Waals surface area contributed by atoms with Crippen LogP contribution in [0.1, 0.15) is 51.8 Å². The summed E-state index contributed by atoms with van der Waals surface area (Å²) in [7, 11) is 0. The third-order valence-electron chi connectivity index (χ3n) is 6.70. The number of alkyl halides is 3. The average Bonchev–Trinajstić information content (AvgIpc) is 3.63. The third kappa shape index (κ3) is 6.05. The van der Waals surface area contributed by atoms with Crippen molar-refractivity contribution in [3.63, 3.8) is 0 Å². The number of carbonyl (C=O) groups excluding carboxylic acids is 1. The highest BCUT2D eigenvalue weighted by Crippen LogP contribution is 2.33. The van der Waals surface area contributed by atoms with Crippen LogP contribution in [0.25, 0.3) is 5.69 Å². The molecule has 11 heteroatoms. The Bertz CT molecular complexity index is 1510. The number of anilines is 1. The first kappa shape index (κ1) is 27.5. The Morgan fingerprint density at radius 2 is 1.70 bits per heavy atom. The summed E-state index contributed by atoms with van der Waals surface area (Å²) in [6, 6.07) is 16.2. The first-order valence-electron chi connectivity index (χ1n) is 12.7. The molecule has 5 rings (SSSR count). The maximum Gasteiger partial charge on any atom is 0.435 e. The second-order valence-electron chi connectivity index (χ2n) is 9.70. The van der Waals surface area contributed by atoms with E-state index in [0.29, 0.717) is 29.7 Å². The number of amides is 1. The average molecular weight is 556 g/mol. The molecule has 1 atom stereocenters. The van der Waals surface area contributed by atoms with Crippen molar-refractivity contribution in [3.05, 3.63) is 113 Å². The van der Waals surface area contributed by atoms with Crippen LogP contribution in [0.5, 0.6) is 0 Å². The van der Waals surface area contributed by atoms with E-state index in [1.54, 1.807) is 30.3 Å². The molecule has 1 amide bonds. The van der Waals surface area contributed by atoms with Gasteiger partial charge in [0, 0.05) is 23.9 Å². The molecular formula is C29H26F5N5O. The van der Waals surface area contributed by atoms with Crippen molar-refractivity contribution < 1.29 is 26.7 Å². The van der Waals surface area contributed by atoms with E-state index in [9.17, 15) is 26.7 Å². The number of nitrogens with zero attached hydrogens (tertiary/aromatic N) is 2. The lowest BCUT2D eigenvalue weighted by Crippen LogP contribution is -2.26. The molecule has 1 aliphatic carbocycles. The molecule has 0 saturated heterocycles. The topological polar surface area (TPSA) is 85.0 Å². The van der Waals surface area contributed by atoms with Crippen molar-refractivity contribution in [3.8, 4) is 5.69 Å². The minimum atomic E-state index is -4.78. The normalized spacial score (nSPS) is 14.2. The summed E-state index contributed by atoms with van der Waals surface area (Å²) in [5, 5.41) is 9.47. The van der Waals surface area contributed by atoms with Gasteiger partial charge in [-0.05, 0) is 72.8 Å². The molecule has 1 fully saturated rings. The van der Waals surface area contributed by atoms with Gasteiger partial charge in [0.2, 0.25) is 0 Å². The summed E-state index contributed by atoms with van der Waals surface area (Å²) in [6.45, 7) is 0.699. The quantitative estimate of drug-likeness (QED) is 0.222. The number of carbonyl (C=O) groups is 1. The van der Waals surface area contributed by atoms with Crippen LogP contribution >= 0.6 is 0 Å². The molecule has 4 N–H and O–H groups in total. The zero-order chi connectivity index (χ0) is 28.4. The fourth-order valence-electron chi connectivity index (χ4n) is 4.46. The summed E-state index contributed by atoms with van der Waals surface area (Å²) in [6.07, 6.45) is -2.73. The molecular weight excluding hydrogens is 529 g/mol. The fourth-order valence-corrected chi connectivity index (χ4v) is 4.46. The van der Waals surface area contributed by atoms with Gasteiger partial charge < -0.3 is 16.4 Å². The summed E-state index contributed by atoms with van der Waals surface area (Å²) in [4.78, 5) is 13.3. The highest BCUT2D eigenvalue weighted by Gasteiger charge is 2.36. The number of nitrogens with two attached hydrogens (primary N) is 1. The predicted molar refractivity (Wildman–Crippen MR) is 140 cm³/mol. The van der Waals surface area contributed by atoms with E-state index in [0.717, 1.165) is 17.5 Å². The lowest BCUT2D eigenvalue weighted by Gasteiger charge is -2.22. The van der Waals surface area contributed by atoms with E-state index < -0.39 is 35.5 Å². The largest absolute Gasteiger partial charge is 0.435 e. The van der Waals surface area contributed by atoms with E-state index in [4.69, 9.17) is 5.73 Å². The number of hydrogen-bond acceptors (Lipinski definition) is 4. The van der Waals surface area contributed by atoms with Crippen molar-refractivity contribution in [1.29, 1.82) is 0 Å². The molecule has 40 heavy (non-hydrogen) atoms. The van der Waals surface area contributed by atoms with E-state index in [-0.39, 0.29) is 29.2 Å². The van der Waals surface area contributed by atoms with Gasteiger partial charge in [-0.2, -0.15) is 18.3 Å². The zero-order valence-corrected chi connectivity index (χ0v) is 21.2. The number of benzene rings is 3. The van der Waals surface area contributed by atoms with Gasteiger partial charge >= 0.3 is 6.18 Å². The zero-order valence-electron chi connectivity index (χ0n) is 21.2. The Morgan fingerprint density at radius 1 is 1.00 bits per heavy atom. The van der Waals surface area contributed by atoms with Gasteiger partial charge in [0.15, 0.2) is 5.69 Å². The van der Waals surface area contributed by atoms with E-state index in [2.05, 4.69) is 15.7 Å². The summed E-state index contributed by atoms with van der Waals surface area (Å²) >= 11 is 0. The Kier molecular flexibility index (Phi) is 7.68. The summed E-state index contributed by atoms with van der Waals surface area (Å²) in [5.74, 6) is -1.86. The van der Waals surface area contributed by atoms with Crippen LogP contribution in [0.3, 0.4) is 0 Å². The number of halogens is 5. The van der Waals surface area contributed by atoms with Gasteiger partial charge in [-0.3, -0.25) is 4.79 Å². The molecule has 1 aromatic heterocycles. The Morgan fingerprint density at radius 3 is 2.38 bits per heavy atom. The molecule has 0 spiro atoms. The predicted octanol–water partition coefficient (Wildman–Crippen LogP) is 5.97. The van der Waals surface area contributed by atoms with Gasteiger partial charge in [0.25, 0.3) is 5.91 Å². The van der Waals surface area contributed by atoms with E-state index in [1.807, 2.05) is 0 Å². The highest BCUT2D eigenvalue weighted by atomic mass is 19.4. The fraction of sp³-hybridized carbons (Fsp3) is 0.241. The van der Waals surface area contributed by atoms with Gasteiger partial charge in [0.05, 0.1) is 11.7 Å². The van der Waals surface area contributed by atoms with Crippen molar-refractivity contribution in [2.24, 2.45) is 11.7 Å². The second kappa shape index (κ2) is 11.2. The minimum absolute atomic E-state index is 0.147. The van der Waals surface area contributed by atoms with Gasteiger partial charge in [-0.15, -0.1) is 0 Å². The molecule has 0 bridgehead atoms. The standard InChI is InChI=1S/C29H26F5N5O/c30-22-8-3-9-23(31)26(22)27(36-16-17-10-11-17)19-5-2-6-20(13-19)37-28(40)24-14-25(29(32,33)34)38-39(24)21-7-1-4-18(12-21)15-35/h1-9,12-14,17,27,36H,10-11,15-16,35H2,(H,37,40). The molecule has 0 radical (unpaired) electrons. The molecule has 1 aliphatic rings. The number of nitrogens with one attached hydrogen (secondary N) is 2. The van der Waals surface area contributed by atoms with Crippen molar-refractivity contribution in [2.45, 2.75) is 31.6 Å². The molecule has 1 heterocycles. The van der Waals surface area contributed by atoms with Gasteiger partial charge in [0.1, 0.15) is 17.3 Å². The van der Waals surface area contributed by atoms with Crippen LogP contribution in [0.4, 0.5) is 27.6 Å².